The first-order valence-electron chi connectivity index (χ1n) is 7.39. The van der Waals surface area contributed by atoms with Crippen LogP contribution in [0.5, 0.6) is 0 Å². The number of hydrogen-bond acceptors (Lipinski definition) is 4. The van der Waals surface area contributed by atoms with Crippen LogP contribution in [0.3, 0.4) is 0 Å². The third kappa shape index (κ3) is 3.96. The molecule has 1 aliphatic heterocycles. The molecule has 0 bridgehead atoms. The number of nitriles is 1. The summed E-state index contributed by atoms with van der Waals surface area (Å²) in [7, 11) is 0. The first kappa shape index (κ1) is 15.3. The van der Waals surface area contributed by atoms with E-state index < -0.39 is 0 Å². The first-order chi connectivity index (χ1) is 10.1. The van der Waals surface area contributed by atoms with Crippen LogP contribution in [0.4, 0.5) is 5.69 Å². The second kappa shape index (κ2) is 7.09. The molecule has 0 aliphatic carbocycles. The Morgan fingerprint density at radius 1 is 1.52 bits per heavy atom. The van der Waals surface area contributed by atoms with Gasteiger partial charge in [-0.25, -0.2) is 0 Å². The van der Waals surface area contributed by atoms with Gasteiger partial charge in [-0.05, 0) is 30.7 Å². The number of carbonyl (C=O) groups is 1. The van der Waals surface area contributed by atoms with Crippen LogP contribution >= 0.6 is 0 Å². The Balaban J connectivity index is 2.10. The van der Waals surface area contributed by atoms with Gasteiger partial charge in [-0.2, -0.15) is 5.26 Å². The summed E-state index contributed by atoms with van der Waals surface area (Å²) in [6.07, 6.45) is 0.920. The van der Waals surface area contributed by atoms with Crippen molar-refractivity contribution in [1.29, 1.82) is 5.26 Å². The minimum Gasteiger partial charge on any atom is -0.368 e. The van der Waals surface area contributed by atoms with Gasteiger partial charge in [0.1, 0.15) is 6.07 Å². The number of hydrogen-bond donors (Lipinski definition) is 2. The molecule has 1 aliphatic rings. The molecule has 0 aromatic heterocycles. The maximum absolute atomic E-state index is 11.1. The summed E-state index contributed by atoms with van der Waals surface area (Å²) >= 11 is 0. The van der Waals surface area contributed by atoms with Gasteiger partial charge in [0.05, 0.1) is 11.3 Å². The summed E-state index contributed by atoms with van der Waals surface area (Å²) in [4.78, 5) is 13.3. The van der Waals surface area contributed by atoms with E-state index in [1.807, 2.05) is 12.1 Å². The highest BCUT2D eigenvalue weighted by atomic mass is 16.1. The summed E-state index contributed by atoms with van der Waals surface area (Å²) in [6.45, 7) is 6.92. The Kier molecular flexibility index (Phi) is 5.18. The van der Waals surface area contributed by atoms with Gasteiger partial charge in [0.15, 0.2) is 0 Å². The number of nitrogens with one attached hydrogen (secondary N) is 2. The maximum atomic E-state index is 11.1. The Labute approximate surface area is 125 Å². The second-order valence-corrected chi connectivity index (χ2v) is 5.38. The molecule has 2 rings (SSSR count). The Bertz CT molecular complexity index is 550. The van der Waals surface area contributed by atoms with Gasteiger partial charge in [-0.15, -0.1) is 0 Å². The number of nitrogens with zero attached hydrogens (tertiary/aromatic N) is 2. The topological polar surface area (TPSA) is 68.2 Å². The normalized spacial score (nSPS) is 17.6. The molecule has 2 N–H and O–H groups in total. The van der Waals surface area contributed by atoms with Gasteiger partial charge >= 0.3 is 0 Å². The summed E-state index contributed by atoms with van der Waals surface area (Å²) in [5, 5.41) is 15.6. The van der Waals surface area contributed by atoms with Crippen molar-refractivity contribution < 1.29 is 4.79 Å². The van der Waals surface area contributed by atoms with E-state index in [0.717, 1.165) is 43.9 Å². The molecule has 1 saturated heterocycles. The van der Waals surface area contributed by atoms with Crippen LogP contribution < -0.4 is 15.5 Å². The quantitative estimate of drug-likeness (QED) is 0.858. The summed E-state index contributed by atoms with van der Waals surface area (Å²) in [6, 6.07) is 8.49. The molecule has 5 heteroatoms. The predicted octanol–water partition coefficient (Wildman–Crippen LogP) is 1.38. The third-order valence-corrected chi connectivity index (χ3v) is 3.70. The highest BCUT2D eigenvalue weighted by Crippen LogP contribution is 2.25. The van der Waals surface area contributed by atoms with Crippen molar-refractivity contribution in [3.63, 3.8) is 0 Å². The number of amides is 1. The fourth-order valence-corrected chi connectivity index (χ4v) is 2.71. The minimum atomic E-state index is 0.00310. The Hall–Kier alpha value is -2.06. The van der Waals surface area contributed by atoms with E-state index >= 15 is 0 Å². The standard InChI is InChI=1S/C16H22N4O/c1-3-18-10-13-4-5-16(14(8-13)9-17)20-7-6-15(11-20)19-12(2)21/h4-5,8,15,18H,3,6-7,10-11H2,1-2H3,(H,19,21). The molecule has 0 spiro atoms. The van der Waals surface area contributed by atoms with Crippen LogP contribution in [0.1, 0.15) is 31.4 Å². The molecule has 1 aromatic rings. The third-order valence-electron chi connectivity index (χ3n) is 3.70. The van der Waals surface area contributed by atoms with E-state index in [9.17, 15) is 10.1 Å². The maximum Gasteiger partial charge on any atom is 0.217 e. The lowest BCUT2D eigenvalue weighted by Crippen LogP contribution is -2.35. The van der Waals surface area contributed by atoms with Gasteiger partial charge in [0.2, 0.25) is 5.91 Å². The van der Waals surface area contributed by atoms with Crippen LogP contribution in [-0.2, 0) is 11.3 Å². The van der Waals surface area contributed by atoms with Crippen LogP contribution in [0.25, 0.3) is 0 Å². The average molecular weight is 286 g/mol. The van der Waals surface area contributed by atoms with Gasteiger partial charge in [-0.3, -0.25) is 4.79 Å². The lowest BCUT2D eigenvalue weighted by molar-refractivity contribution is -0.119. The van der Waals surface area contributed by atoms with E-state index in [1.54, 1.807) is 6.92 Å². The molecule has 1 atom stereocenters. The van der Waals surface area contributed by atoms with E-state index in [1.165, 1.54) is 0 Å². The molecule has 1 amide bonds. The number of benzene rings is 1. The Morgan fingerprint density at radius 2 is 2.33 bits per heavy atom. The zero-order valence-corrected chi connectivity index (χ0v) is 12.6. The van der Waals surface area contributed by atoms with Gasteiger partial charge < -0.3 is 15.5 Å². The van der Waals surface area contributed by atoms with Crippen molar-refractivity contribution in [2.24, 2.45) is 0 Å². The molecule has 1 aromatic carbocycles. The molecule has 1 fully saturated rings. The Morgan fingerprint density at radius 3 is 3.00 bits per heavy atom. The lowest BCUT2D eigenvalue weighted by Gasteiger charge is -2.20. The number of carbonyl (C=O) groups excluding carboxylic acids is 1. The zero-order chi connectivity index (χ0) is 15.2. The molecule has 1 heterocycles. The van der Waals surface area contributed by atoms with E-state index in [2.05, 4.69) is 34.6 Å². The fraction of sp³-hybridized carbons (Fsp3) is 0.500. The molecular formula is C16H22N4O. The molecule has 0 radical (unpaired) electrons. The smallest absolute Gasteiger partial charge is 0.217 e. The number of rotatable bonds is 5. The van der Waals surface area contributed by atoms with E-state index in [0.29, 0.717) is 5.56 Å². The van der Waals surface area contributed by atoms with Gasteiger partial charge in [-0.1, -0.05) is 13.0 Å². The summed E-state index contributed by atoms with van der Waals surface area (Å²) in [5.74, 6) is 0.00310. The second-order valence-electron chi connectivity index (χ2n) is 5.38. The van der Waals surface area contributed by atoms with E-state index in [-0.39, 0.29) is 11.9 Å². The van der Waals surface area contributed by atoms with Crippen molar-refractivity contribution in [1.82, 2.24) is 10.6 Å². The monoisotopic (exact) mass is 286 g/mol. The highest BCUT2D eigenvalue weighted by molar-refractivity contribution is 5.73. The van der Waals surface area contributed by atoms with Crippen LogP contribution in [0.2, 0.25) is 0 Å². The van der Waals surface area contributed by atoms with Crippen molar-refractivity contribution >= 4 is 11.6 Å². The van der Waals surface area contributed by atoms with Crippen molar-refractivity contribution in [3.05, 3.63) is 29.3 Å². The SMILES string of the molecule is CCNCc1ccc(N2CCC(NC(C)=O)C2)c(C#N)c1. The average Bonchev–Trinajstić information content (AvgIpc) is 2.92. The largest absolute Gasteiger partial charge is 0.368 e. The first-order valence-corrected chi connectivity index (χ1v) is 7.39. The highest BCUT2D eigenvalue weighted by Gasteiger charge is 2.24. The molecular weight excluding hydrogens is 264 g/mol. The van der Waals surface area contributed by atoms with Crippen LogP contribution in [-0.4, -0.2) is 31.6 Å². The van der Waals surface area contributed by atoms with Crippen LogP contribution in [0.15, 0.2) is 18.2 Å². The zero-order valence-electron chi connectivity index (χ0n) is 12.6. The van der Waals surface area contributed by atoms with Gasteiger partial charge in [0.25, 0.3) is 0 Å². The summed E-state index contributed by atoms with van der Waals surface area (Å²) < 4.78 is 0. The van der Waals surface area contributed by atoms with E-state index in [4.69, 9.17) is 0 Å². The minimum absolute atomic E-state index is 0.00310. The molecule has 1 unspecified atom stereocenters. The van der Waals surface area contributed by atoms with Crippen molar-refractivity contribution in [2.75, 3.05) is 24.5 Å². The molecule has 112 valence electrons. The molecule has 21 heavy (non-hydrogen) atoms. The van der Waals surface area contributed by atoms with Crippen molar-refractivity contribution in [2.45, 2.75) is 32.9 Å². The van der Waals surface area contributed by atoms with Crippen molar-refractivity contribution in [3.8, 4) is 6.07 Å². The molecule has 5 nitrogen and oxygen atoms in total. The van der Waals surface area contributed by atoms with Gasteiger partial charge in [0, 0.05) is 32.6 Å². The summed E-state index contributed by atoms with van der Waals surface area (Å²) in [5.41, 5.74) is 2.79. The van der Waals surface area contributed by atoms with Crippen LogP contribution in [0, 0.1) is 11.3 Å². The fourth-order valence-electron chi connectivity index (χ4n) is 2.71. The number of anilines is 1. The molecule has 0 saturated carbocycles. The lowest BCUT2D eigenvalue weighted by atomic mass is 10.1. The predicted molar refractivity (Wildman–Crippen MR) is 83.0 cm³/mol.